The van der Waals surface area contributed by atoms with Crippen LogP contribution in [-0.4, -0.2) is 70.8 Å². The van der Waals surface area contributed by atoms with E-state index < -0.39 is 0 Å². The molecule has 3 fully saturated rings. The van der Waals surface area contributed by atoms with Crippen LogP contribution >= 0.6 is 0 Å². The van der Waals surface area contributed by atoms with Crippen LogP contribution in [0.1, 0.15) is 51.5 Å². The number of nitrogens with one attached hydrogen (secondary N) is 2. The first-order valence-corrected chi connectivity index (χ1v) is 13.4. The van der Waals surface area contributed by atoms with Gasteiger partial charge in [0.25, 0.3) is 0 Å². The number of hydrogen-bond donors (Lipinski definition) is 2. The van der Waals surface area contributed by atoms with Crippen molar-refractivity contribution >= 4 is 28.6 Å². The number of urea groups is 1. The maximum Gasteiger partial charge on any atom is 0.319 e. The number of carbonyl (C=O) groups is 1. The molecule has 0 radical (unpaired) electrons. The highest BCUT2D eigenvalue weighted by Gasteiger charge is 2.36. The van der Waals surface area contributed by atoms with Crippen LogP contribution in [0.4, 0.5) is 16.3 Å². The van der Waals surface area contributed by atoms with Gasteiger partial charge in [0.2, 0.25) is 0 Å². The first-order chi connectivity index (χ1) is 18.1. The number of hydrogen-bond acceptors (Lipinski definition) is 7. The van der Waals surface area contributed by atoms with Crippen molar-refractivity contribution in [3.8, 4) is 11.4 Å². The third-order valence-electron chi connectivity index (χ3n) is 7.84. The fourth-order valence-electron chi connectivity index (χ4n) is 5.90. The lowest BCUT2D eigenvalue weighted by atomic mass is 9.93. The van der Waals surface area contributed by atoms with E-state index in [1.165, 1.54) is 0 Å². The smallest absolute Gasteiger partial charge is 0.319 e. The predicted molar refractivity (Wildman–Crippen MR) is 142 cm³/mol. The van der Waals surface area contributed by atoms with E-state index in [1.54, 1.807) is 7.11 Å². The zero-order chi connectivity index (χ0) is 25.4. The Morgan fingerprint density at radius 2 is 1.78 bits per heavy atom. The highest BCUT2D eigenvalue weighted by Crippen LogP contribution is 2.36. The van der Waals surface area contributed by atoms with Crippen molar-refractivity contribution in [3.05, 3.63) is 30.5 Å². The van der Waals surface area contributed by atoms with Gasteiger partial charge in [-0.15, -0.1) is 0 Å². The summed E-state index contributed by atoms with van der Waals surface area (Å²) in [4.78, 5) is 24.4. The van der Waals surface area contributed by atoms with Gasteiger partial charge < -0.3 is 25.0 Å². The quantitative estimate of drug-likeness (QED) is 0.519. The molecule has 2 N–H and O–H groups in total. The van der Waals surface area contributed by atoms with Crippen LogP contribution in [0.2, 0.25) is 0 Å². The van der Waals surface area contributed by atoms with Gasteiger partial charge in [0.1, 0.15) is 5.82 Å². The number of anilines is 2. The molecule has 196 valence electrons. The van der Waals surface area contributed by atoms with Gasteiger partial charge in [-0.05, 0) is 69.7 Å². The van der Waals surface area contributed by atoms with Crippen LogP contribution in [-0.2, 0) is 9.47 Å². The average Bonchev–Trinajstić information content (AvgIpc) is 3.50. The van der Waals surface area contributed by atoms with Gasteiger partial charge in [0.05, 0.1) is 35.9 Å². The molecule has 2 saturated heterocycles. The molecule has 37 heavy (non-hydrogen) atoms. The van der Waals surface area contributed by atoms with Crippen molar-refractivity contribution in [3.63, 3.8) is 0 Å². The van der Waals surface area contributed by atoms with Gasteiger partial charge in [0, 0.05) is 38.0 Å². The maximum atomic E-state index is 11.9. The number of methoxy groups -OCH3 is 1. The highest BCUT2D eigenvalue weighted by molar-refractivity contribution is 5.90. The van der Waals surface area contributed by atoms with Gasteiger partial charge in [-0.3, -0.25) is 0 Å². The summed E-state index contributed by atoms with van der Waals surface area (Å²) in [6.07, 6.45) is 9.08. The van der Waals surface area contributed by atoms with E-state index in [1.807, 2.05) is 37.4 Å². The van der Waals surface area contributed by atoms with Gasteiger partial charge >= 0.3 is 6.03 Å². The highest BCUT2D eigenvalue weighted by atomic mass is 16.5. The minimum absolute atomic E-state index is 0.218. The predicted octanol–water partition coefficient (Wildman–Crippen LogP) is 4.13. The summed E-state index contributed by atoms with van der Waals surface area (Å²) in [5.41, 5.74) is 2.50. The Kier molecular flexibility index (Phi) is 6.69. The van der Waals surface area contributed by atoms with Crippen LogP contribution in [0.5, 0.6) is 0 Å². The molecule has 2 atom stereocenters. The maximum absolute atomic E-state index is 11.9. The molecule has 1 aromatic carbocycles. The molecule has 6 rings (SSSR count). The Bertz CT molecular complexity index is 1240. The molecule has 1 aliphatic carbocycles. The number of fused-ring (bicyclic) bond motifs is 3. The largest absolute Gasteiger partial charge is 0.381 e. The van der Waals surface area contributed by atoms with E-state index in [0.717, 1.165) is 79.7 Å². The van der Waals surface area contributed by atoms with Gasteiger partial charge in [-0.2, -0.15) is 5.10 Å². The van der Waals surface area contributed by atoms with Crippen molar-refractivity contribution in [1.29, 1.82) is 0 Å². The lowest BCUT2D eigenvalue weighted by Gasteiger charge is -2.33. The van der Waals surface area contributed by atoms with Crippen molar-refractivity contribution in [2.24, 2.45) is 0 Å². The minimum atomic E-state index is -0.218. The van der Waals surface area contributed by atoms with Gasteiger partial charge in [-0.25, -0.2) is 19.4 Å². The normalized spacial score (nSPS) is 25.4. The van der Waals surface area contributed by atoms with Crippen LogP contribution in [0.3, 0.4) is 0 Å². The molecule has 10 heteroatoms. The second kappa shape index (κ2) is 10.3. The Balaban J connectivity index is 1.36. The second-order valence-corrected chi connectivity index (χ2v) is 10.3. The van der Waals surface area contributed by atoms with Crippen molar-refractivity contribution in [2.45, 2.75) is 69.8 Å². The first kappa shape index (κ1) is 24.1. The van der Waals surface area contributed by atoms with E-state index in [4.69, 9.17) is 24.5 Å². The van der Waals surface area contributed by atoms with E-state index in [2.05, 4.69) is 20.2 Å². The van der Waals surface area contributed by atoms with Crippen molar-refractivity contribution in [1.82, 2.24) is 25.1 Å². The van der Waals surface area contributed by atoms with E-state index in [0.29, 0.717) is 24.5 Å². The van der Waals surface area contributed by atoms with Crippen molar-refractivity contribution < 1.29 is 14.3 Å². The van der Waals surface area contributed by atoms with Crippen LogP contribution in [0.15, 0.2) is 30.5 Å². The summed E-state index contributed by atoms with van der Waals surface area (Å²) in [5.74, 6) is 1.60. The van der Waals surface area contributed by atoms with Crippen LogP contribution in [0, 0.1) is 0 Å². The second-order valence-electron chi connectivity index (χ2n) is 10.3. The van der Waals surface area contributed by atoms with E-state index >= 15 is 0 Å². The molecular formula is C27H35N7O3. The van der Waals surface area contributed by atoms with Gasteiger partial charge in [-0.1, -0.05) is 0 Å². The number of benzene rings is 1. The fraction of sp³-hybridized carbons (Fsp3) is 0.556. The molecule has 1 saturated carbocycles. The topological polar surface area (TPSA) is 106 Å². The van der Waals surface area contributed by atoms with Crippen LogP contribution in [0.25, 0.3) is 22.4 Å². The SMILES string of the molecule is CCNC(=O)Nc1ccc(-c2nc(N3CC4CCC(C3)O4)c3cnn(C4CCC(OC)CC4)c3n2)cc1. The Labute approximate surface area is 216 Å². The van der Waals surface area contributed by atoms with E-state index in [9.17, 15) is 4.79 Å². The summed E-state index contributed by atoms with van der Waals surface area (Å²) in [6, 6.07) is 7.76. The molecule has 10 nitrogen and oxygen atoms in total. The van der Waals surface area contributed by atoms with Crippen LogP contribution < -0.4 is 15.5 Å². The summed E-state index contributed by atoms with van der Waals surface area (Å²) >= 11 is 0. The number of ether oxygens (including phenoxy) is 2. The molecule has 2 aromatic heterocycles. The molecule has 2 aliphatic heterocycles. The lowest BCUT2D eigenvalue weighted by molar-refractivity contribution is 0.0303. The summed E-state index contributed by atoms with van der Waals surface area (Å²) in [7, 11) is 1.80. The van der Waals surface area contributed by atoms with E-state index in [-0.39, 0.29) is 18.2 Å². The zero-order valence-corrected chi connectivity index (χ0v) is 21.5. The monoisotopic (exact) mass is 505 g/mol. The summed E-state index contributed by atoms with van der Waals surface area (Å²) < 4.78 is 13.8. The molecule has 2 unspecified atom stereocenters. The molecule has 0 spiro atoms. The Hall–Kier alpha value is -3.24. The molecule has 3 aliphatic rings. The molecule has 3 aromatic rings. The number of rotatable bonds is 6. The zero-order valence-electron chi connectivity index (χ0n) is 21.5. The number of morpholine rings is 1. The lowest BCUT2D eigenvalue weighted by Crippen LogP contribution is -2.43. The Morgan fingerprint density at radius 1 is 1.05 bits per heavy atom. The summed E-state index contributed by atoms with van der Waals surface area (Å²) in [6.45, 7) is 4.13. The van der Waals surface area contributed by atoms with Gasteiger partial charge in [0.15, 0.2) is 11.5 Å². The van der Waals surface area contributed by atoms with Crippen molar-refractivity contribution in [2.75, 3.05) is 37.0 Å². The molecule has 2 bridgehead atoms. The molecule has 2 amide bonds. The summed E-state index contributed by atoms with van der Waals surface area (Å²) in [5, 5.41) is 11.4. The first-order valence-electron chi connectivity index (χ1n) is 13.4. The fourth-order valence-corrected chi connectivity index (χ4v) is 5.90. The number of aromatic nitrogens is 4. The number of carbonyl (C=O) groups excluding carboxylic acids is 1. The standard InChI is InChI=1S/C27H35N7O3/c1-3-28-27(35)30-18-6-4-17(5-7-18)24-31-25(33-15-21-12-13-22(16-33)37-21)23-14-29-34(26(23)32-24)19-8-10-20(36-2)11-9-19/h4-7,14,19-22H,3,8-13,15-16H2,1-2H3,(H2,28,30,35). The molecular weight excluding hydrogens is 470 g/mol. The number of amides is 2. The average molecular weight is 506 g/mol. The third-order valence-corrected chi connectivity index (χ3v) is 7.84. The minimum Gasteiger partial charge on any atom is -0.381 e. The Morgan fingerprint density at radius 3 is 2.46 bits per heavy atom. The third kappa shape index (κ3) is 4.87. The number of nitrogens with zero attached hydrogens (tertiary/aromatic N) is 5. The molecule has 4 heterocycles.